The van der Waals surface area contributed by atoms with E-state index in [1.54, 1.807) is 0 Å². The summed E-state index contributed by atoms with van der Waals surface area (Å²) in [5.74, 6) is -6.29. The first kappa shape index (κ1) is 21.8. The molecule has 0 atom stereocenters. The first-order chi connectivity index (χ1) is 15.2. The zero-order valence-corrected chi connectivity index (χ0v) is 17.1. The highest BCUT2D eigenvalue weighted by atomic mass is 35.5. The Kier molecular flexibility index (Phi) is 5.64. The number of carbonyl (C=O) groups is 2. The van der Waals surface area contributed by atoms with Crippen LogP contribution in [0.4, 0.5) is 17.6 Å². The number of rotatable bonds is 4. The van der Waals surface area contributed by atoms with Crippen LogP contribution in [0, 0.1) is 23.3 Å². The molecule has 2 aromatic carbocycles. The van der Waals surface area contributed by atoms with Crippen molar-refractivity contribution in [3.05, 3.63) is 75.4 Å². The number of fused-ring (bicyclic) bond motifs is 1. The van der Waals surface area contributed by atoms with Crippen LogP contribution in [0.3, 0.4) is 0 Å². The molecule has 32 heavy (non-hydrogen) atoms. The predicted octanol–water partition coefficient (Wildman–Crippen LogP) is 3.44. The summed E-state index contributed by atoms with van der Waals surface area (Å²) in [7, 11) is 0. The molecule has 0 radical (unpaired) electrons. The Morgan fingerprint density at radius 2 is 1.72 bits per heavy atom. The van der Waals surface area contributed by atoms with Crippen LogP contribution in [0.1, 0.15) is 21.6 Å². The van der Waals surface area contributed by atoms with Gasteiger partial charge in [-0.25, -0.2) is 17.6 Å². The van der Waals surface area contributed by atoms with Gasteiger partial charge in [-0.1, -0.05) is 11.6 Å². The second-order valence-corrected chi connectivity index (χ2v) is 7.66. The molecule has 2 heterocycles. The van der Waals surface area contributed by atoms with E-state index in [-0.39, 0.29) is 47.9 Å². The minimum Gasteiger partial charge on any atom is -0.365 e. The number of amides is 2. The summed E-state index contributed by atoms with van der Waals surface area (Å²) >= 11 is 5.84. The van der Waals surface area contributed by atoms with Crippen LogP contribution in [-0.4, -0.2) is 33.0 Å². The highest BCUT2D eigenvalue weighted by Crippen LogP contribution is 2.30. The fourth-order valence-corrected chi connectivity index (χ4v) is 3.81. The van der Waals surface area contributed by atoms with Crippen LogP contribution in [-0.2, 0) is 24.3 Å². The van der Waals surface area contributed by atoms with Crippen LogP contribution < -0.4 is 5.73 Å². The van der Waals surface area contributed by atoms with E-state index in [2.05, 4.69) is 5.10 Å². The molecule has 0 spiro atoms. The number of nitrogens with zero attached hydrogens (tertiary/aromatic N) is 3. The summed E-state index contributed by atoms with van der Waals surface area (Å²) in [5.41, 5.74) is 6.54. The van der Waals surface area contributed by atoms with Crippen molar-refractivity contribution < 1.29 is 27.2 Å². The second kappa shape index (κ2) is 8.27. The van der Waals surface area contributed by atoms with E-state index >= 15 is 0 Å². The van der Waals surface area contributed by atoms with Crippen LogP contribution in [0.5, 0.6) is 0 Å². The zero-order chi connectivity index (χ0) is 23.2. The highest BCUT2D eigenvalue weighted by molar-refractivity contribution is 6.31. The standard InChI is InChI=1S/C21H15ClF4N4O2/c22-12-8-11(1-2-13(12)23)20-18(21(27)32)16-9-29(3-4-30(16)28-20)17(31)7-10-5-14(24)19(26)15(25)6-10/h1-2,5-6,8H,3-4,7,9H2,(H2,27,32). The van der Waals surface area contributed by atoms with Gasteiger partial charge in [0.15, 0.2) is 17.5 Å². The van der Waals surface area contributed by atoms with Gasteiger partial charge in [-0.15, -0.1) is 0 Å². The molecule has 4 rings (SSSR count). The summed E-state index contributed by atoms with van der Waals surface area (Å²) < 4.78 is 55.1. The van der Waals surface area contributed by atoms with E-state index < -0.39 is 35.1 Å². The summed E-state index contributed by atoms with van der Waals surface area (Å²) in [4.78, 5) is 26.3. The topological polar surface area (TPSA) is 81.2 Å². The van der Waals surface area contributed by atoms with E-state index in [0.29, 0.717) is 11.3 Å². The SMILES string of the molecule is NC(=O)c1c(-c2ccc(F)c(Cl)c2)nn2c1CN(C(=O)Cc1cc(F)c(F)c(F)c1)CC2. The molecule has 3 aromatic rings. The number of nitrogens with two attached hydrogens (primary N) is 1. The lowest BCUT2D eigenvalue weighted by Crippen LogP contribution is -2.40. The minimum absolute atomic E-state index is 0.0257. The maximum absolute atomic E-state index is 13.5. The number of aromatic nitrogens is 2. The lowest BCUT2D eigenvalue weighted by molar-refractivity contribution is -0.132. The number of hydrogen-bond donors (Lipinski definition) is 1. The number of benzene rings is 2. The molecule has 0 saturated carbocycles. The van der Waals surface area contributed by atoms with Gasteiger partial charge in [0.05, 0.1) is 35.8 Å². The average Bonchev–Trinajstić information content (AvgIpc) is 3.12. The van der Waals surface area contributed by atoms with Gasteiger partial charge in [-0.05, 0) is 35.9 Å². The van der Waals surface area contributed by atoms with Crippen molar-refractivity contribution in [3.8, 4) is 11.3 Å². The smallest absolute Gasteiger partial charge is 0.252 e. The van der Waals surface area contributed by atoms with Gasteiger partial charge in [-0.3, -0.25) is 14.3 Å². The summed E-state index contributed by atoms with van der Waals surface area (Å²) in [6.45, 7) is 0.398. The van der Waals surface area contributed by atoms with E-state index in [1.807, 2.05) is 0 Å². The molecular formula is C21H15ClF4N4O2. The fraction of sp³-hybridized carbons (Fsp3) is 0.190. The van der Waals surface area contributed by atoms with E-state index in [1.165, 1.54) is 21.7 Å². The van der Waals surface area contributed by atoms with Gasteiger partial charge < -0.3 is 10.6 Å². The van der Waals surface area contributed by atoms with Crippen molar-refractivity contribution in [3.63, 3.8) is 0 Å². The van der Waals surface area contributed by atoms with Crippen LogP contribution >= 0.6 is 11.6 Å². The maximum Gasteiger partial charge on any atom is 0.252 e. The fourth-order valence-electron chi connectivity index (χ4n) is 3.63. The summed E-state index contributed by atoms with van der Waals surface area (Å²) in [6, 6.07) is 5.38. The van der Waals surface area contributed by atoms with Crippen molar-refractivity contribution in [2.45, 2.75) is 19.5 Å². The van der Waals surface area contributed by atoms with Crippen molar-refractivity contribution in [2.24, 2.45) is 5.73 Å². The van der Waals surface area contributed by atoms with Crippen molar-refractivity contribution in [2.75, 3.05) is 6.54 Å². The van der Waals surface area contributed by atoms with Gasteiger partial charge in [0, 0.05) is 12.1 Å². The molecule has 1 aliphatic heterocycles. The Morgan fingerprint density at radius 3 is 2.34 bits per heavy atom. The number of hydrogen-bond acceptors (Lipinski definition) is 3. The quantitative estimate of drug-likeness (QED) is 0.472. The third kappa shape index (κ3) is 3.93. The number of halogens is 5. The molecule has 0 bridgehead atoms. The van der Waals surface area contributed by atoms with Crippen molar-refractivity contribution in [1.29, 1.82) is 0 Å². The molecule has 166 valence electrons. The largest absolute Gasteiger partial charge is 0.365 e. The van der Waals surface area contributed by atoms with Crippen molar-refractivity contribution >= 4 is 23.4 Å². The molecule has 2 N–H and O–H groups in total. The van der Waals surface area contributed by atoms with Crippen LogP contribution in [0.15, 0.2) is 30.3 Å². The average molecular weight is 467 g/mol. The lowest BCUT2D eigenvalue weighted by atomic mass is 10.0. The van der Waals surface area contributed by atoms with Gasteiger partial charge in [-0.2, -0.15) is 5.10 Å². The van der Waals surface area contributed by atoms with E-state index in [9.17, 15) is 27.2 Å². The summed E-state index contributed by atoms with van der Waals surface area (Å²) in [5, 5.41) is 4.23. The van der Waals surface area contributed by atoms with Gasteiger partial charge in [0.25, 0.3) is 5.91 Å². The van der Waals surface area contributed by atoms with Crippen LogP contribution in [0.2, 0.25) is 5.02 Å². The monoisotopic (exact) mass is 466 g/mol. The molecule has 6 nitrogen and oxygen atoms in total. The van der Waals surface area contributed by atoms with E-state index in [4.69, 9.17) is 17.3 Å². The summed E-state index contributed by atoms with van der Waals surface area (Å²) in [6.07, 6.45) is -0.366. The Bertz CT molecular complexity index is 1240. The minimum atomic E-state index is -1.61. The first-order valence-corrected chi connectivity index (χ1v) is 9.79. The highest BCUT2D eigenvalue weighted by Gasteiger charge is 2.30. The number of carbonyl (C=O) groups excluding carboxylic acids is 2. The molecule has 0 aliphatic carbocycles. The van der Waals surface area contributed by atoms with Gasteiger partial charge in [0.2, 0.25) is 5.91 Å². The number of primary amides is 1. The van der Waals surface area contributed by atoms with Crippen molar-refractivity contribution in [1.82, 2.24) is 14.7 Å². The van der Waals surface area contributed by atoms with Crippen LogP contribution in [0.25, 0.3) is 11.3 Å². The molecule has 0 fully saturated rings. The lowest BCUT2D eigenvalue weighted by Gasteiger charge is -2.28. The normalized spacial score (nSPS) is 13.2. The molecule has 11 heteroatoms. The maximum atomic E-state index is 13.5. The molecular weight excluding hydrogens is 452 g/mol. The van der Waals surface area contributed by atoms with Gasteiger partial charge >= 0.3 is 0 Å². The Hall–Kier alpha value is -3.40. The third-order valence-electron chi connectivity index (χ3n) is 5.17. The molecule has 1 aliphatic rings. The molecule has 0 saturated heterocycles. The Morgan fingerprint density at radius 1 is 1.03 bits per heavy atom. The molecule has 1 aromatic heterocycles. The molecule has 2 amide bonds. The molecule has 0 unspecified atom stereocenters. The van der Waals surface area contributed by atoms with Gasteiger partial charge in [0.1, 0.15) is 11.5 Å². The predicted molar refractivity (Wildman–Crippen MR) is 107 cm³/mol. The first-order valence-electron chi connectivity index (χ1n) is 9.41. The third-order valence-corrected chi connectivity index (χ3v) is 5.46. The van der Waals surface area contributed by atoms with E-state index in [0.717, 1.165) is 18.2 Å². The Labute approximate surface area is 184 Å². The second-order valence-electron chi connectivity index (χ2n) is 7.25. The zero-order valence-electron chi connectivity index (χ0n) is 16.3. The Balaban J connectivity index is 1.63.